The summed E-state index contributed by atoms with van der Waals surface area (Å²) in [7, 11) is 6.35. The van der Waals surface area contributed by atoms with Crippen LogP contribution in [0.2, 0.25) is 0 Å². The van der Waals surface area contributed by atoms with Crippen molar-refractivity contribution in [3.63, 3.8) is 0 Å². The fourth-order valence-corrected chi connectivity index (χ4v) is 3.91. The quantitative estimate of drug-likeness (QED) is 0.641. The summed E-state index contributed by atoms with van der Waals surface area (Å²) in [6.45, 7) is 0. The first-order valence-corrected chi connectivity index (χ1v) is 9.52. The third kappa shape index (κ3) is 3.22. The number of hydrogen-bond donors (Lipinski definition) is 2. The Labute approximate surface area is 174 Å². The molecule has 3 aromatic carbocycles. The number of phenolic OH excluding ortho intramolecular Hbond substituents is 1. The van der Waals surface area contributed by atoms with Gasteiger partial charge < -0.3 is 29.5 Å². The van der Waals surface area contributed by atoms with Crippen LogP contribution in [-0.2, 0) is 0 Å². The maximum atomic E-state index is 10.5. The van der Waals surface area contributed by atoms with Crippen LogP contribution in [0.1, 0.15) is 23.6 Å². The van der Waals surface area contributed by atoms with Gasteiger partial charge in [0.15, 0.2) is 23.0 Å². The van der Waals surface area contributed by atoms with E-state index in [0.717, 1.165) is 16.3 Å². The lowest BCUT2D eigenvalue weighted by atomic mass is 9.93. The van der Waals surface area contributed by atoms with Crippen LogP contribution >= 0.6 is 0 Å². The second-order valence-corrected chi connectivity index (χ2v) is 6.92. The molecule has 1 aliphatic heterocycles. The predicted octanol–water partition coefficient (Wildman–Crippen LogP) is 4.02. The van der Waals surface area contributed by atoms with Crippen molar-refractivity contribution in [2.45, 2.75) is 12.5 Å². The second-order valence-electron chi connectivity index (χ2n) is 6.92. The van der Waals surface area contributed by atoms with E-state index in [9.17, 15) is 5.11 Å². The van der Waals surface area contributed by atoms with Crippen LogP contribution < -0.4 is 24.4 Å². The maximum Gasteiger partial charge on any atom is 0.166 e. The first-order valence-electron chi connectivity index (χ1n) is 9.52. The number of fused-ring (bicyclic) bond motifs is 1. The molecule has 0 spiro atoms. The highest BCUT2D eigenvalue weighted by molar-refractivity contribution is 6.05. The minimum Gasteiger partial charge on any atom is -0.507 e. The van der Waals surface area contributed by atoms with Gasteiger partial charge in [-0.3, -0.25) is 0 Å². The highest BCUT2D eigenvalue weighted by Gasteiger charge is 2.29. The summed E-state index contributed by atoms with van der Waals surface area (Å²) in [5.41, 5.74) is 5.47. The summed E-state index contributed by atoms with van der Waals surface area (Å²) in [5.74, 6) is 2.40. The van der Waals surface area contributed by atoms with Gasteiger partial charge in [0, 0.05) is 23.6 Å². The molecule has 0 saturated heterocycles. The summed E-state index contributed by atoms with van der Waals surface area (Å²) in [6, 6.07) is 13.2. The molecule has 1 aliphatic rings. The highest BCUT2D eigenvalue weighted by atomic mass is 16.5. The highest BCUT2D eigenvalue weighted by Crippen LogP contribution is 2.44. The average molecular weight is 408 g/mol. The monoisotopic (exact) mass is 408 g/mol. The summed E-state index contributed by atoms with van der Waals surface area (Å²) >= 11 is 0. The number of hydrogen-bond acceptors (Lipinski definition) is 7. The molecule has 0 saturated carbocycles. The van der Waals surface area contributed by atoms with Crippen LogP contribution in [0.3, 0.4) is 0 Å². The first kappa shape index (κ1) is 19.7. The molecule has 1 heterocycles. The van der Waals surface area contributed by atoms with Gasteiger partial charge >= 0.3 is 0 Å². The number of methoxy groups -OCH3 is 4. The smallest absolute Gasteiger partial charge is 0.166 e. The zero-order chi connectivity index (χ0) is 21.3. The van der Waals surface area contributed by atoms with E-state index in [-0.39, 0.29) is 11.8 Å². The molecule has 7 heteroatoms. The first-order chi connectivity index (χ1) is 14.6. The lowest BCUT2D eigenvalue weighted by molar-refractivity contribution is 0.349. The van der Waals surface area contributed by atoms with Crippen LogP contribution in [0.4, 0.5) is 0 Å². The maximum absolute atomic E-state index is 10.5. The van der Waals surface area contributed by atoms with Gasteiger partial charge in [-0.25, -0.2) is 0 Å². The lowest BCUT2D eigenvalue weighted by Crippen LogP contribution is -2.13. The standard InChI is InChI=1S/C23H24N2O5/c1-27-19-10-15(18(26)12-20(19)28-2)16-11-17(25-24-16)22-14-8-6-5-7-13(14)9-21(29-3)23(22)30-4/h5-10,12,17,25-26H,11H2,1-4H3. The Hall–Kier alpha value is -3.61. The van der Waals surface area contributed by atoms with Crippen molar-refractivity contribution in [3.05, 3.63) is 53.6 Å². The molecule has 2 N–H and O–H groups in total. The molecule has 1 atom stereocenters. The average Bonchev–Trinajstić information content (AvgIpc) is 3.26. The molecule has 0 aromatic heterocycles. The summed E-state index contributed by atoms with van der Waals surface area (Å²) < 4.78 is 21.9. The van der Waals surface area contributed by atoms with Gasteiger partial charge in [-0.15, -0.1) is 0 Å². The minimum absolute atomic E-state index is 0.0799. The van der Waals surface area contributed by atoms with E-state index >= 15 is 0 Å². The molecule has 156 valence electrons. The topological polar surface area (TPSA) is 81.5 Å². The Morgan fingerprint density at radius 2 is 1.60 bits per heavy atom. The number of benzene rings is 3. The molecule has 7 nitrogen and oxygen atoms in total. The van der Waals surface area contributed by atoms with E-state index in [0.29, 0.717) is 40.7 Å². The summed E-state index contributed by atoms with van der Waals surface area (Å²) in [4.78, 5) is 0. The molecule has 3 aromatic rings. The zero-order valence-corrected chi connectivity index (χ0v) is 17.4. The van der Waals surface area contributed by atoms with Gasteiger partial charge in [0.25, 0.3) is 0 Å². The molecule has 30 heavy (non-hydrogen) atoms. The fraction of sp³-hybridized carbons (Fsp3) is 0.261. The van der Waals surface area contributed by atoms with E-state index in [1.165, 1.54) is 13.2 Å². The van der Waals surface area contributed by atoms with Crippen molar-refractivity contribution in [3.8, 4) is 28.7 Å². The molecule has 0 bridgehead atoms. The van der Waals surface area contributed by atoms with Crippen molar-refractivity contribution in [2.24, 2.45) is 5.10 Å². The molecule has 0 fully saturated rings. The Balaban J connectivity index is 1.76. The number of nitrogens with zero attached hydrogens (tertiary/aromatic N) is 1. The summed E-state index contributed by atoms with van der Waals surface area (Å²) in [5, 5.41) is 17.1. The van der Waals surface area contributed by atoms with Crippen molar-refractivity contribution in [2.75, 3.05) is 28.4 Å². The van der Waals surface area contributed by atoms with E-state index in [1.807, 2.05) is 24.3 Å². The summed E-state index contributed by atoms with van der Waals surface area (Å²) in [6.07, 6.45) is 0.552. The third-order valence-corrected chi connectivity index (χ3v) is 5.34. The van der Waals surface area contributed by atoms with Crippen molar-refractivity contribution in [1.29, 1.82) is 0 Å². The molecular formula is C23H24N2O5. The SMILES string of the molecule is COc1cc(O)c(C2=NNC(c3c(OC)c(OC)cc4ccccc34)C2)cc1OC. The molecular weight excluding hydrogens is 384 g/mol. The van der Waals surface area contributed by atoms with Gasteiger partial charge in [0.1, 0.15) is 5.75 Å². The largest absolute Gasteiger partial charge is 0.507 e. The number of hydrazone groups is 1. The molecule has 1 unspecified atom stereocenters. The molecule has 0 amide bonds. The number of aromatic hydroxyl groups is 1. The Morgan fingerprint density at radius 3 is 2.30 bits per heavy atom. The van der Waals surface area contributed by atoms with Crippen molar-refractivity contribution < 1.29 is 24.1 Å². The normalized spacial score (nSPS) is 15.5. The second kappa shape index (κ2) is 8.02. The Morgan fingerprint density at radius 1 is 0.900 bits per heavy atom. The molecule has 0 aliphatic carbocycles. The minimum atomic E-state index is -0.151. The van der Waals surface area contributed by atoms with Crippen molar-refractivity contribution >= 4 is 16.5 Å². The van der Waals surface area contributed by atoms with Crippen molar-refractivity contribution in [1.82, 2.24) is 5.43 Å². The van der Waals surface area contributed by atoms with E-state index in [1.54, 1.807) is 27.4 Å². The lowest BCUT2D eigenvalue weighted by Gasteiger charge is -2.20. The Bertz CT molecular complexity index is 1130. The molecule has 0 radical (unpaired) electrons. The number of ether oxygens (including phenoxy) is 4. The van der Waals surface area contributed by atoms with Gasteiger partial charge in [-0.2, -0.15) is 5.10 Å². The Kier molecular flexibility index (Phi) is 5.27. The predicted molar refractivity (Wildman–Crippen MR) is 115 cm³/mol. The van der Waals surface area contributed by atoms with Crippen LogP contribution in [0.5, 0.6) is 28.7 Å². The van der Waals surface area contributed by atoms with Crippen LogP contribution in [-0.4, -0.2) is 39.3 Å². The number of phenols is 1. The van der Waals surface area contributed by atoms with Gasteiger partial charge in [0.2, 0.25) is 0 Å². The molecule has 4 rings (SSSR count). The fourth-order valence-electron chi connectivity index (χ4n) is 3.91. The van der Waals surface area contributed by atoms with Crippen LogP contribution in [0, 0.1) is 0 Å². The third-order valence-electron chi connectivity index (χ3n) is 5.34. The zero-order valence-electron chi connectivity index (χ0n) is 17.4. The number of rotatable bonds is 6. The van der Waals surface area contributed by atoms with Gasteiger partial charge in [-0.05, 0) is 22.9 Å². The van der Waals surface area contributed by atoms with Crippen LogP contribution in [0.25, 0.3) is 10.8 Å². The van der Waals surface area contributed by atoms with E-state index in [2.05, 4.69) is 16.6 Å². The van der Waals surface area contributed by atoms with Gasteiger partial charge in [0.05, 0.1) is 40.2 Å². The van der Waals surface area contributed by atoms with Gasteiger partial charge in [-0.1, -0.05) is 24.3 Å². The van der Waals surface area contributed by atoms with E-state index < -0.39 is 0 Å². The van der Waals surface area contributed by atoms with E-state index in [4.69, 9.17) is 18.9 Å². The number of nitrogens with one attached hydrogen (secondary N) is 1. The van der Waals surface area contributed by atoms with Crippen LogP contribution in [0.15, 0.2) is 47.6 Å².